The van der Waals surface area contributed by atoms with E-state index in [9.17, 15) is 50.7 Å². The van der Waals surface area contributed by atoms with Crippen LogP contribution in [0.4, 0.5) is 26.7 Å². The Morgan fingerprint density at radius 1 is 0.487 bits per heavy atom. The third-order valence-electron chi connectivity index (χ3n) is 8.93. The number of carbonyl (C=O) groups is 6. The monoisotopic (exact) mass is 1200 g/mol. The molecule has 30 heteroatoms. The summed E-state index contributed by atoms with van der Waals surface area (Å²) >= 11 is 0. The van der Waals surface area contributed by atoms with Crippen LogP contribution in [0.5, 0.6) is 5.75 Å². The Balaban J connectivity index is 0.00000124. The third kappa shape index (κ3) is 29.2. The summed E-state index contributed by atoms with van der Waals surface area (Å²) in [5.74, 6) is -16.2. The van der Waals surface area contributed by atoms with Crippen LogP contribution in [0, 0.1) is 45.3 Å². The first-order valence-corrected chi connectivity index (χ1v) is 27.3. The Morgan fingerprint density at radius 3 is 1.28 bits per heavy atom. The molecule has 3 unspecified atom stereocenters. The Hall–Kier alpha value is -5.05. The molecule has 440 valence electrons. The summed E-state index contributed by atoms with van der Waals surface area (Å²) in [5.41, 5.74) is -4.52. The number of halogens is 5. The van der Waals surface area contributed by atoms with Gasteiger partial charge in [0.1, 0.15) is 65.9 Å². The van der Waals surface area contributed by atoms with Crippen molar-refractivity contribution in [3.63, 3.8) is 0 Å². The third-order valence-corrected chi connectivity index (χ3v) is 13.4. The van der Waals surface area contributed by atoms with Crippen LogP contribution in [0.15, 0.2) is 58.8 Å². The van der Waals surface area contributed by atoms with Gasteiger partial charge in [0.25, 0.3) is 0 Å². The van der Waals surface area contributed by atoms with E-state index < -0.39 is 114 Å². The number of carbonyl (C=O) groups excluding carboxylic acids is 6. The summed E-state index contributed by atoms with van der Waals surface area (Å²) < 4.78 is 120. The van der Waals surface area contributed by atoms with Gasteiger partial charge in [0.05, 0.1) is 39.6 Å². The van der Waals surface area contributed by atoms with Gasteiger partial charge >= 0.3 is 36.0 Å². The van der Waals surface area contributed by atoms with Crippen molar-refractivity contribution in [1.82, 2.24) is 9.97 Å². The first-order chi connectivity index (χ1) is 37.0. The van der Waals surface area contributed by atoms with Crippen molar-refractivity contribution in [2.24, 2.45) is 16.2 Å². The molecule has 2 N–H and O–H groups in total. The molecule has 0 radical (unpaired) electrons. The van der Waals surface area contributed by atoms with Gasteiger partial charge in [-0.3, -0.25) is 24.0 Å². The smallest absolute Gasteiger partial charge is 0.465 e. The molecule has 0 saturated carbocycles. The second-order valence-corrected chi connectivity index (χ2v) is 20.9. The second-order valence-electron chi connectivity index (χ2n) is 16.1. The number of methoxy groups -OCH3 is 4. The van der Waals surface area contributed by atoms with Crippen molar-refractivity contribution < 1.29 is 113 Å². The topological polar surface area (TPSA) is 270 Å². The van der Waals surface area contributed by atoms with E-state index >= 15 is 0 Å². The van der Waals surface area contributed by atoms with E-state index in [1.165, 1.54) is 63.7 Å². The average Bonchev–Trinajstić information content (AvgIpc) is 3.42. The Morgan fingerprint density at radius 2 is 0.897 bits per heavy atom. The van der Waals surface area contributed by atoms with Crippen LogP contribution in [0.2, 0.25) is 0 Å². The van der Waals surface area contributed by atoms with Gasteiger partial charge in [0.15, 0.2) is 0 Å². The number of aliphatic hydroxyl groups is 2. The molecule has 0 fully saturated rings. The lowest BCUT2D eigenvalue weighted by Crippen LogP contribution is -2.42. The van der Waals surface area contributed by atoms with Crippen LogP contribution >= 0.6 is 43.2 Å². The number of esters is 5. The fourth-order valence-electron chi connectivity index (χ4n) is 4.87. The van der Waals surface area contributed by atoms with E-state index in [1.54, 1.807) is 41.1 Å². The predicted molar refractivity (Wildman–Crippen MR) is 275 cm³/mol. The molecule has 0 aliphatic carbocycles. The highest BCUT2D eigenvalue weighted by atomic mass is 33.1. The first kappa shape index (κ1) is 73.0. The highest BCUT2D eigenvalue weighted by molar-refractivity contribution is 8.77. The van der Waals surface area contributed by atoms with Gasteiger partial charge in [0.2, 0.25) is 34.8 Å². The zero-order valence-electron chi connectivity index (χ0n) is 44.3. The maximum Gasteiger partial charge on any atom is 0.508 e. The van der Waals surface area contributed by atoms with Gasteiger partial charge in [-0.25, -0.2) is 27.9 Å². The van der Waals surface area contributed by atoms with Crippen LogP contribution in [0.3, 0.4) is 0 Å². The molecule has 0 amide bonds. The molecule has 0 aliphatic rings. The normalized spacial score (nSPS) is 12.8. The van der Waals surface area contributed by atoms with Crippen LogP contribution in [0.1, 0.15) is 34.6 Å². The van der Waals surface area contributed by atoms with Gasteiger partial charge in [-0.15, -0.1) is 0 Å². The minimum Gasteiger partial charge on any atom is -0.465 e. The van der Waals surface area contributed by atoms with Gasteiger partial charge in [-0.2, -0.15) is 8.78 Å². The quantitative estimate of drug-likeness (QED) is 0.0101. The van der Waals surface area contributed by atoms with E-state index in [4.69, 9.17) is 48.1 Å². The van der Waals surface area contributed by atoms with Crippen LogP contribution in [-0.2, 0) is 71.3 Å². The minimum atomic E-state index is -2.38. The summed E-state index contributed by atoms with van der Waals surface area (Å²) in [6.45, 7) is 5.07. The van der Waals surface area contributed by atoms with Crippen molar-refractivity contribution in [3.8, 4) is 5.75 Å². The standard InChI is InChI=1S/C24H35NO11S2.C14H13F5O5.C7H9NOS2.C3H8O2/c1-18(26)34-15-24(3,21(28)33-12-13-37-38-19-8-6-7-9-25-19)17-36-22(29)35-16-23(2,14-31-5)20(27)32-11-10-30-4;1-6(20)23-5-14(2,4-22-3)13(21)24-12-10(18)8(16)7(15)9(17)11(12)19;9-5-6-10-11-7-3-1-2-4-8-7;1-5-3-2-4/h6-9H,10-17H2,1-5H3;4-5H2,1-3H3;1-4,9H,5-6H2;4H,2-3H2,1H3. The molecule has 2 heterocycles. The van der Waals surface area contributed by atoms with Gasteiger partial charge in [0, 0.05) is 66.2 Å². The molecule has 0 spiro atoms. The predicted octanol–water partition coefficient (Wildman–Crippen LogP) is 6.87. The Bertz CT molecular complexity index is 2230. The summed E-state index contributed by atoms with van der Waals surface area (Å²) in [7, 11) is 11.7. The van der Waals surface area contributed by atoms with Gasteiger partial charge in [-0.1, -0.05) is 33.7 Å². The molecular formula is C48H65F5N2O19S4. The number of hydrogen-bond acceptors (Lipinski definition) is 25. The van der Waals surface area contributed by atoms with E-state index in [-0.39, 0.29) is 46.2 Å². The summed E-state index contributed by atoms with van der Waals surface area (Å²) in [4.78, 5) is 80.0. The largest absolute Gasteiger partial charge is 0.508 e. The van der Waals surface area contributed by atoms with Crippen molar-refractivity contribution in [2.75, 3.05) is 119 Å². The summed E-state index contributed by atoms with van der Waals surface area (Å²) in [5, 5.41) is 18.2. The van der Waals surface area contributed by atoms with Crippen LogP contribution in [0.25, 0.3) is 0 Å². The van der Waals surface area contributed by atoms with Crippen molar-refractivity contribution >= 4 is 79.2 Å². The molecule has 2 aromatic heterocycles. The summed E-state index contributed by atoms with van der Waals surface area (Å²) in [6.07, 6.45) is 2.31. The SMILES string of the molecule is COCC(C)(COC(C)=O)C(=O)Oc1c(F)c(F)c(F)c(F)c1F.COCCO.COCCOC(=O)C(C)(COC)COC(=O)OCC(C)(COC(C)=O)C(=O)OCCSSc1ccccn1.OCCSSc1ccccn1. The van der Waals surface area contributed by atoms with E-state index in [2.05, 4.69) is 24.2 Å². The number of benzene rings is 1. The molecule has 3 aromatic rings. The lowest BCUT2D eigenvalue weighted by atomic mass is 9.93. The van der Waals surface area contributed by atoms with Crippen LogP contribution < -0.4 is 4.74 Å². The fourth-order valence-corrected chi connectivity index (χ4v) is 8.22. The number of ether oxygens (including phenoxy) is 11. The molecule has 3 atom stereocenters. The molecule has 21 nitrogen and oxygen atoms in total. The Kier molecular flexibility index (Phi) is 38.4. The molecule has 78 heavy (non-hydrogen) atoms. The van der Waals surface area contributed by atoms with Crippen molar-refractivity contribution in [1.29, 1.82) is 0 Å². The van der Waals surface area contributed by atoms with Crippen molar-refractivity contribution in [3.05, 3.63) is 77.9 Å². The number of aromatic nitrogens is 2. The van der Waals surface area contributed by atoms with E-state index in [0.29, 0.717) is 12.4 Å². The van der Waals surface area contributed by atoms with Crippen LogP contribution in [-0.4, -0.2) is 175 Å². The lowest BCUT2D eigenvalue weighted by molar-refractivity contribution is -0.165. The molecule has 3 rings (SSSR count). The first-order valence-electron chi connectivity index (χ1n) is 22.7. The Labute approximate surface area is 464 Å². The number of aliphatic hydroxyl groups excluding tert-OH is 2. The van der Waals surface area contributed by atoms with E-state index in [0.717, 1.165) is 29.7 Å². The minimum absolute atomic E-state index is 0.0238. The van der Waals surface area contributed by atoms with Gasteiger partial charge in [-0.05, 0) is 66.6 Å². The van der Waals surface area contributed by atoms with Gasteiger partial charge < -0.3 is 62.3 Å². The fraction of sp³-hybridized carbons (Fsp3) is 0.542. The molecule has 0 aliphatic heterocycles. The highest BCUT2D eigenvalue weighted by Gasteiger charge is 2.41. The zero-order valence-corrected chi connectivity index (χ0v) is 47.5. The second kappa shape index (κ2) is 41.0. The molecule has 0 saturated heterocycles. The molecule has 1 aromatic carbocycles. The molecule has 0 bridgehead atoms. The number of rotatable bonds is 30. The average molecular weight is 1200 g/mol. The van der Waals surface area contributed by atoms with Crippen molar-refractivity contribution in [2.45, 2.75) is 44.7 Å². The maximum atomic E-state index is 13.5. The zero-order chi connectivity index (χ0) is 59.2. The van der Waals surface area contributed by atoms with E-state index in [1.807, 2.05) is 36.4 Å². The number of pyridine rings is 2. The molecular weight excluding hydrogens is 1130 g/mol. The number of hydrogen-bond donors (Lipinski definition) is 2. The lowest BCUT2D eigenvalue weighted by Gasteiger charge is -2.27. The highest BCUT2D eigenvalue weighted by Crippen LogP contribution is 2.33. The maximum absolute atomic E-state index is 13.5. The number of nitrogens with zero attached hydrogens (tertiary/aromatic N) is 2. The summed E-state index contributed by atoms with van der Waals surface area (Å²) in [6, 6.07) is 11.3.